The third-order valence-electron chi connectivity index (χ3n) is 2.07. The Balaban J connectivity index is 2.33. The van der Waals surface area contributed by atoms with Crippen LogP contribution in [0.3, 0.4) is 0 Å². The Kier molecular flexibility index (Phi) is 2.70. The predicted octanol–water partition coefficient (Wildman–Crippen LogP) is 2.48. The maximum absolute atomic E-state index is 8.66. The highest BCUT2D eigenvalue weighted by Crippen LogP contribution is 2.11. The van der Waals surface area contributed by atoms with Crippen LogP contribution in [0.2, 0.25) is 0 Å². The zero-order valence-corrected chi connectivity index (χ0v) is 8.65. The molecule has 1 aromatic carbocycles. The maximum Gasteiger partial charge on any atom is 0.102 e. The van der Waals surface area contributed by atoms with Gasteiger partial charge in [-0.3, -0.25) is 0 Å². The number of halogens is 1. The fraction of sp³-hybridized carbons (Fsp3) is 0.0909. The van der Waals surface area contributed by atoms with Crippen molar-refractivity contribution in [2.45, 2.75) is 5.88 Å². The third-order valence-corrected chi connectivity index (χ3v) is 2.38. The molecule has 0 aliphatic rings. The number of nitriles is 1. The van der Waals surface area contributed by atoms with Crippen molar-refractivity contribution in [3.05, 3.63) is 47.8 Å². The van der Waals surface area contributed by atoms with E-state index in [4.69, 9.17) is 16.9 Å². The van der Waals surface area contributed by atoms with Crippen LogP contribution in [0.4, 0.5) is 0 Å². The van der Waals surface area contributed by atoms with Crippen molar-refractivity contribution < 1.29 is 0 Å². The van der Waals surface area contributed by atoms with Crippen molar-refractivity contribution in [2.75, 3.05) is 0 Å². The van der Waals surface area contributed by atoms with E-state index in [0.717, 1.165) is 11.3 Å². The van der Waals surface area contributed by atoms with Crippen LogP contribution < -0.4 is 0 Å². The van der Waals surface area contributed by atoms with E-state index in [2.05, 4.69) is 5.10 Å². The van der Waals surface area contributed by atoms with Crippen LogP contribution in [0.15, 0.2) is 36.7 Å². The fourth-order valence-corrected chi connectivity index (χ4v) is 1.44. The van der Waals surface area contributed by atoms with Gasteiger partial charge in [0, 0.05) is 12.1 Å². The zero-order valence-electron chi connectivity index (χ0n) is 7.89. The Labute approximate surface area is 92.5 Å². The average Bonchev–Trinajstić information content (AvgIpc) is 2.78. The molecule has 0 saturated carbocycles. The average molecular weight is 218 g/mol. The summed E-state index contributed by atoms with van der Waals surface area (Å²) in [7, 11) is 0. The first-order valence-corrected chi connectivity index (χ1v) is 4.97. The number of rotatable bonds is 2. The molecule has 0 saturated heterocycles. The standard InChI is InChI=1S/C11H8ClN3/c12-5-9-1-3-11(4-2-9)15-8-10(6-13)7-14-15/h1-4,7-8H,5H2. The fourth-order valence-electron chi connectivity index (χ4n) is 1.26. The molecule has 3 nitrogen and oxygen atoms in total. The van der Waals surface area contributed by atoms with Gasteiger partial charge in [-0.15, -0.1) is 11.6 Å². The lowest BCUT2D eigenvalue weighted by Gasteiger charge is -2.01. The molecule has 1 aromatic heterocycles. The molecule has 4 heteroatoms. The minimum Gasteiger partial charge on any atom is -0.240 e. The van der Waals surface area contributed by atoms with Crippen molar-refractivity contribution in [1.82, 2.24) is 9.78 Å². The summed E-state index contributed by atoms with van der Waals surface area (Å²) in [6, 6.07) is 9.76. The van der Waals surface area contributed by atoms with E-state index in [0.29, 0.717) is 11.4 Å². The maximum atomic E-state index is 8.66. The van der Waals surface area contributed by atoms with Crippen molar-refractivity contribution in [1.29, 1.82) is 5.26 Å². The van der Waals surface area contributed by atoms with Crippen LogP contribution in [-0.2, 0) is 5.88 Å². The lowest BCUT2D eigenvalue weighted by molar-refractivity contribution is 0.880. The molecule has 0 fully saturated rings. The highest BCUT2D eigenvalue weighted by molar-refractivity contribution is 6.17. The van der Waals surface area contributed by atoms with Gasteiger partial charge in [0.1, 0.15) is 6.07 Å². The van der Waals surface area contributed by atoms with Crippen LogP contribution in [0.25, 0.3) is 5.69 Å². The van der Waals surface area contributed by atoms with E-state index >= 15 is 0 Å². The number of alkyl halides is 1. The Morgan fingerprint density at radius 3 is 2.60 bits per heavy atom. The van der Waals surface area contributed by atoms with Crippen LogP contribution in [0.1, 0.15) is 11.1 Å². The molecule has 0 spiro atoms. The Hall–Kier alpha value is -1.79. The normalized spacial score (nSPS) is 9.87. The van der Waals surface area contributed by atoms with Gasteiger partial charge in [-0.25, -0.2) is 4.68 Å². The minimum atomic E-state index is 0.503. The summed E-state index contributed by atoms with van der Waals surface area (Å²) in [5, 5.41) is 12.7. The first-order valence-electron chi connectivity index (χ1n) is 4.43. The van der Waals surface area contributed by atoms with Gasteiger partial charge < -0.3 is 0 Å². The number of nitrogens with zero attached hydrogens (tertiary/aromatic N) is 3. The molecule has 0 aliphatic carbocycles. The molecule has 0 amide bonds. The van der Waals surface area contributed by atoms with Gasteiger partial charge in [-0.05, 0) is 17.7 Å². The van der Waals surface area contributed by atoms with Crippen LogP contribution in [0.5, 0.6) is 0 Å². The summed E-state index contributed by atoms with van der Waals surface area (Å²) in [6.45, 7) is 0. The largest absolute Gasteiger partial charge is 0.240 e. The summed E-state index contributed by atoms with van der Waals surface area (Å²) in [4.78, 5) is 0. The molecule has 0 atom stereocenters. The molecule has 0 unspecified atom stereocenters. The van der Waals surface area contributed by atoms with E-state index in [1.807, 2.05) is 30.3 Å². The third kappa shape index (κ3) is 2.00. The van der Waals surface area contributed by atoms with E-state index in [9.17, 15) is 0 Å². The van der Waals surface area contributed by atoms with Gasteiger partial charge in [-0.2, -0.15) is 10.4 Å². The summed E-state index contributed by atoms with van der Waals surface area (Å²) in [6.07, 6.45) is 3.23. The van der Waals surface area contributed by atoms with E-state index in [1.54, 1.807) is 10.9 Å². The predicted molar refractivity (Wildman–Crippen MR) is 57.8 cm³/mol. The summed E-state index contributed by atoms with van der Waals surface area (Å²) < 4.78 is 1.66. The van der Waals surface area contributed by atoms with Crippen LogP contribution in [-0.4, -0.2) is 9.78 Å². The molecule has 0 aliphatic heterocycles. The van der Waals surface area contributed by atoms with E-state index in [-0.39, 0.29) is 0 Å². The van der Waals surface area contributed by atoms with E-state index < -0.39 is 0 Å². The van der Waals surface area contributed by atoms with Gasteiger partial charge >= 0.3 is 0 Å². The number of benzene rings is 1. The molecule has 0 N–H and O–H groups in total. The van der Waals surface area contributed by atoms with Crippen LogP contribution in [0, 0.1) is 11.3 Å². The quantitative estimate of drug-likeness (QED) is 0.726. The zero-order chi connectivity index (χ0) is 10.7. The van der Waals surface area contributed by atoms with Gasteiger partial charge in [0.05, 0.1) is 17.4 Å². The SMILES string of the molecule is N#Cc1cnn(-c2ccc(CCl)cc2)c1. The monoisotopic (exact) mass is 217 g/mol. The smallest absolute Gasteiger partial charge is 0.102 e. The second-order valence-electron chi connectivity index (χ2n) is 3.09. The Morgan fingerprint density at radius 1 is 1.33 bits per heavy atom. The molecule has 2 aromatic rings. The summed E-state index contributed by atoms with van der Waals surface area (Å²) in [5.41, 5.74) is 2.54. The molecule has 0 radical (unpaired) electrons. The lowest BCUT2D eigenvalue weighted by atomic mass is 10.2. The molecule has 15 heavy (non-hydrogen) atoms. The van der Waals surface area contributed by atoms with Gasteiger partial charge in [0.2, 0.25) is 0 Å². The number of aromatic nitrogens is 2. The lowest BCUT2D eigenvalue weighted by Crippen LogP contribution is -1.93. The van der Waals surface area contributed by atoms with Crippen molar-refractivity contribution in [3.8, 4) is 11.8 Å². The topological polar surface area (TPSA) is 41.6 Å². The molecule has 0 bridgehead atoms. The second kappa shape index (κ2) is 4.16. The number of hydrogen-bond donors (Lipinski definition) is 0. The Bertz CT molecular complexity index is 493. The van der Waals surface area contributed by atoms with Gasteiger partial charge in [0.25, 0.3) is 0 Å². The molecule has 74 valence electrons. The van der Waals surface area contributed by atoms with Crippen molar-refractivity contribution in [3.63, 3.8) is 0 Å². The highest BCUT2D eigenvalue weighted by Gasteiger charge is 1.99. The summed E-state index contributed by atoms with van der Waals surface area (Å²) >= 11 is 5.69. The number of hydrogen-bond acceptors (Lipinski definition) is 2. The molecular formula is C11H8ClN3. The highest BCUT2D eigenvalue weighted by atomic mass is 35.5. The molecular weight excluding hydrogens is 210 g/mol. The first kappa shape index (κ1) is 9.75. The van der Waals surface area contributed by atoms with Crippen molar-refractivity contribution in [2.24, 2.45) is 0 Å². The van der Waals surface area contributed by atoms with Crippen LogP contribution >= 0.6 is 11.6 Å². The second-order valence-corrected chi connectivity index (χ2v) is 3.35. The van der Waals surface area contributed by atoms with Crippen molar-refractivity contribution >= 4 is 11.6 Å². The summed E-state index contributed by atoms with van der Waals surface area (Å²) in [5.74, 6) is 0.503. The Morgan fingerprint density at radius 2 is 2.07 bits per heavy atom. The van der Waals surface area contributed by atoms with Gasteiger partial charge in [0.15, 0.2) is 0 Å². The molecule has 2 rings (SSSR count). The van der Waals surface area contributed by atoms with Gasteiger partial charge in [-0.1, -0.05) is 12.1 Å². The minimum absolute atomic E-state index is 0.503. The molecule has 1 heterocycles. The first-order chi connectivity index (χ1) is 7.33. The van der Waals surface area contributed by atoms with E-state index in [1.165, 1.54) is 6.20 Å².